The third-order valence-electron chi connectivity index (χ3n) is 4.24. The van der Waals surface area contributed by atoms with Crippen LogP contribution in [0.3, 0.4) is 0 Å². The molecule has 1 aliphatic heterocycles. The van der Waals surface area contributed by atoms with Crippen molar-refractivity contribution in [2.75, 3.05) is 58.4 Å². The fraction of sp³-hybridized carbons (Fsp3) is 0.500. The van der Waals surface area contributed by atoms with Gasteiger partial charge in [0, 0.05) is 50.7 Å². The van der Waals surface area contributed by atoms with E-state index in [4.69, 9.17) is 15.2 Å². The first-order valence-corrected chi connectivity index (χ1v) is 7.81. The monoisotopic (exact) mass is 317 g/mol. The maximum Gasteiger partial charge on any atom is 0.162 e. The van der Waals surface area contributed by atoms with E-state index in [2.05, 4.69) is 19.8 Å². The minimum Gasteiger partial charge on any atom is -0.493 e. The highest BCUT2D eigenvalue weighted by Gasteiger charge is 2.20. The van der Waals surface area contributed by atoms with E-state index in [0.29, 0.717) is 18.0 Å². The molecule has 0 aliphatic carbocycles. The second kappa shape index (κ2) is 6.97. The molecule has 1 aromatic carbocycles. The molecule has 0 unspecified atom stereocenters. The molecular formula is C16H23N5O2. The van der Waals surface area contributed by atoms with E-state index in [1.165, 1.54) is 0 Å². The lowest BCUT2D eigenvalue weighted by Crippen LogP contribution is -2.48. The zero-order chi connectivity index (χ0) is 16.2. The Morgan fingerprint density at radius 2 is 1.74 bits per heavy atom. The van der Waals surface area contributed by atoms with E-state index in [9.17, 15) is 0 Å². The highest BCUT2D eigenvalue weighted by Crippen LogP contribution is 2.34. The summed E-state index contributed by atoms with van der Waals surface area (Å²) in [5.41, 5.74) is 6.50. The van der Waals surface area contributed by atoms with Crippen LogP contribution in [0.2, 0.25) is 0 Å². The van der Waals surface area contributed by atoms with Crippen molar-refractivity contribution in [1.29, 1.82) is 0 Å². The minimum absolute atomic E-state index is 0.678. The topological polar surface area (TPSA) is 76.7 Å². The van der Waals surface area contributed by atoms with Crippen LogP contribution < -0.4 is 20.1 Å². The van der Waals surface area contributed by atoms with Gasteiger partial charge in [0.2, 0.25) is 0 Å². The molecular weight excluding hydrogens is 294 g/mol. The predicted molar refractivity (Wildman–Crippen MR) is 90.3 cm³/mol. The summed E-state index contributed by atoms with van der Waals surface area (Å²) in [6.45, 7) is 5.50. The van der Waals surface area contributed by atoms with Crippen molar-refractivity contribution in [3.05, 3.63) is 18.5 Å². The first kappa shape index (κ1) is 15.8. The van der Waals surface area contributed by atoms with E-state index in [1.54, 1.807) is 20.5 Å². The maximum atomic E-state index is 5.64. The summed E-state index contributed by atoms with van der Waals surface area (Å²) >= 11 is 0. The number of fused-ring (bicyclic) bond motifs is 1. The summed E-state index contributed by atoms with van der Waals surface area (Å²) in [5, 5.41) is 0.984. The van der Waals surface area contributed by atoms with E-state index in [0.717, 1.165) is 49.4 Å². The van der Waals surface area contributed by atoms with E-state index in [1.807, 2.05) is 12.1 Å². The fourth-order valence-corrected chi connectivity index (χ4v) is 2.99. The van der Waals surface area contributed by atoms with Gasteiger partial charge in [-0.3, -0.25) is 4.90 Å². The molecule has 7 nitrogen and oxygen atoms in total. The molecule has 1 fully saturated rings. The van der Waals surface area contributed by atoms with Crippen LogP contribution in [-0.4, -0.2) is 68.4 Å². The number of aromatic nitrogens is 2. The van der Waals surface area contributed by atoms with E-state index >= 15 is 0 Å². The van der Waals surface area contributed by atoms with Crippen molar-refractivity contribution in [1.82, 2.24) is 14.9 Å². The molecule has 0 bridgehead atoms. The third kappa shape index (κ3) is 3.16. The van der Waals surface area contributed by atoms with Crippen LogP contribution >= 0.6 is 0 Å². The van der Waals surface area contributed by atoms with Gasteiger partial charge < -0.3 is 20.1 Å². The zero-order valence-electron chi connectivity index (χ0n) is 13.7. The van der Waals surface area contributed by atoms with Gasteiger partial charge >= 0.3 is 0 Å². The number of methoxy groups -OCH3 is 2. The molecule has 2 heterocycles. The normalized spacial score (nSPS) is 15.9. The molecule has 1 aliphatic rings. The van der Waals surface area contributed by atoms with Crippen molar-refractivity contribution in [2.24, 2.45) is 5.73 Å². The number of anilines is 1. The Hall–Kier alpha value is -2.12. The average Bonchev–Trinajstić information content (AvgIpc) is 2.61. The van der Waals surface area contributed by atoms with Crippen LogP contribution in [-0.2, 0) is 0 Å². The number of benzene rings is 1. The van der Waals surface area contributed by atoms with Gasteiger partial charge in [0.25, 0.3) is 0 Å². The van der Waals surface area contributed by atoms with Crippen LogP contribution in [0.1, 0.15) is 0 Å². The van der Waals surface area contributed by atoms with Crippen LogP contribution in [0.15, 0.2) is 18.5 Å². The number of piperazine rings is 1. The van der Waals surface area contributed by atoms with Crippen LogP contribution in [0.4, 0.5) is 5.82 Å². The molecule has 0 atom stereocenters. The van der Waals surface area contributed by atoms with E-state index in [-0.39, 0.29) is 0 Å². The van der Waals surface area contributed by atoms with Gasteiger partial charge in [-0.2, -0.15) is 0 Å². The number of nitrogens with two attached hydrogens (primary N) is 1. The number of hydrogen-bond acceptors (Lipinski definition) is 7. The fourth-order valence-electron chi connectivity index (χ4n) is 2.99. The molecule has 23 heavy (non-hydrogen) atoms. The zero-order valence-corrected chi connectivity index (χ0v) is 13.7. The van der Waals surface area contributed by atoms with Crippen LogP contribution in [0, 0.1) is 0 Å². The molecule has 2 N–H and O–H groups in total. The smallest absolute Gasteiger partial charge is 0.162 e. The molecule has 0 radical (unpaired) electrons. The van der Waals surface area contributed by atoms with Crippen molar-refractivity contribution in [3.8, 4) is 11.5 Å². The van der Waals surface area contributed by atoms with Gasteiger partial charge in [0.15, 0.2) is 11.5 Å². The van der Waals surface area contributed by atoms with E-state index < -0.39 is 0 Å². The van der Waals surface area contributed by atoms with Crippen LogP contribution in [0.25, 0.3) is 10.9 Å². The van der Waals surface area contributed by atoms with Gasteiger partial charge in [-0.1, -0.05) is 0 Å². The number of rotatable bonds is 5. The standard InChI is InChI=1S/C16H23N5O2/c1-22-14-9-12-13(10-15(14)23-2)18-11-19-16(12)21-7-5-20(4-3-17)6-8-21/h9-11H,3-8,17H2,1-2H3. The first-order chi connectivity index (χ1) is 11.3. The number of hydrogen-bond donors (Lipinski definition) is 1. The largest absolute Gasteiger partial charge is 0.493 e. The summed E-state index contributed by atoms with van der Waals surface area (Å²) in [6, 6.07) is 3.85. The predicted octanol–water partition coefficient (Wildman–Crippen LogP) is 0.728. The van der Waals surface area contributed by atoms with Gasteiger partial charge in [-0.05, 0) is 6.07 Å². The molecule has 124 valence electrons. The second-order valence-electron chi connectivity index (χ2n) is 5.54. The summed E-state index contributed by atoms with van der Waals surface area (Å²) in [7, 11) is 3.27. The quantitative estimate of drug-likeness (QED) is 0.871. The second-order valence-corrected chi connectivity index (χ2v) is 5.54. The lowest BCUT2D eigenvalue weighted by Gasteiger charge is -2.35. The SMILES string of the molecule is COc1cc2ncnc(N3CCN(CCN)CC3)c2cc1OC. The van der Waals surface area contributed by atoms with Gasteiger partial charge in [0.1, 0.15) is 12.1 Å². The van der Waals surface area contributed by atoms with Gasteiger partial charge in [-0.25, -0.2) is 9.97 Å². The highest BCUT2D eigenvalue weighted by atomic mass is 16.5. The van der Waals surface area contributed by atoms with Gasteiger partial charge in [-0.15, -0.1) is 0 Å². The summed E-state index contributed by atoms with van der Waals surface area (Å²) in [4.78, 5) is 13.5. The summed E-state index contributed by atoms with van der Waals surface area (Å²) < 4.78 is 10.8. The lowest BCUT2D eigenvalue weighted by molar-refractivity contribution is 0.264. The van der Waals surface area contributed by atoms with Crippen molar-refractivity contribution >= 4 is 16.7 Å². The Morgan fingerprint density at radius 1 is 1.04 bits per heavy atom. The Morgan fingerprint density at radius 3 is 2.39 bits per heavy atom. The molecule has 1 aromatic heterocycles. The summed E-state index contributed by atoms with van der Waals surface area (Å²) in [6.07, 6.45) is 1.61. The molecule has 0 spiro atoms. The molecule has 2 aromatic rings. The minimum atomic E-state index is 0.678. The Bertz CT molecular complexity index is 671. The van der Waals surface area contributed by atoms with Gasteiger partial charge in [0.05, 0.1) is 19.7 Å². The molecule has 1 saturated heterocycles. The maximum absolute atomic E-state index is 5.64. The molecule has 3 rings (SSSR count). The first-order valence-electron chi connectivity index (χ1n) is 7.81. The Balaban J connectivity index is 1.92. The number of nitrogens with zero attached hydrogens (tertiary/aromatic N) is 4. The third-order valence-corrected chi connectivity index (χ3v) is 4.24. The number of ether oxygens (including phenoxy) is 2. The lowest BCUT2D eigenvalue weighted by atomic mass is 10.2. The van der Waals surface area contributed by atoms with Crippen molar-refractivity contribution in [2.45, 2.75) is 0 Å². The Labute approximate surface area is 136 Å². The molecule has 0 saturated carbocycles. The molecule has 0 amide bonds. The van der Waals surface area contributed by atoms with Crippen LogP contribution in [0.5, 0.6) is 11.5 Å². The highest BCUT2D eigenvalue weighted by molar-refractivity contribution is 5.92. The van der Waals surface area contributed by atoms with Crippen molar-refractivity contribution < 1.29 is 9.47 Å². The molecule has 7 heteroatoms. The summed E-state index contributed by atoms with van der Waals surface area (Å²) in [5.74, 6) is 2.32. The average molecular weight is 317 g/mol. The van der Waals surface area contributed by atoms with Crippen molar-refractivity contribution in [3.63, 3.8) is 0 Å². The Kier molecular flexibility index (Phi) is 4.78.